The van der Waals surface area contributed by atoms with Gasteiger partial charge in [0.1, 0.15) is 0 Å². The maximum Gasteiger partial charge on any atom is 0.228 e. The molecule has 1 unspecified atom stereocenters. The Bertz CT molecular complexity index is 472. The molecule has 19 heavy (non-hydrogen) atoms. The van der Waals surface area contributed by atoms with Gasteiger partial charge in [-0.2, -0.15) is 0 Å². The Labute approximate surface area is 115 Å². The Morgan fingerprint density at radius 1 is 1.16 bits per heavy atom. The molecule has 0 spiro atoms. The van der Waals surface area contributed by atoms with E-state index in [1.807, 2.05) is 31.2 Å². The lowest BCUT2D eigenvalue weighted by atomic mass is 10.0. The predicted molar refractivity (Wildman–Crippen MR) is 78.7 cm³/mol. The number of nitrogens with two attached hydrogens (primary N) is 1. The zero-order chi connectivity index (χ0) is 14.4. The van der Waals surface area contributed by atoms with E-state index in [1.54, 1.807) is 0 Å². The molecule has 0 heterocycles. The number of carbonyl (C=O) groups excluding carboxylic acids is 1. The van der Waals surface area contributed by atoms with Gasteiger partial charge in [-0.3, -0.25) is 4.79 Å². The number of carbonyl (C=O) groups is 1. The van der Waals surface area contributed by atoms with Gasteiger partial charge in [-0.25, -0.2) is 0 Å². The largest absolute Gasteiger partial charge is 0.326 e. The molecular formula is C16H24N2O. The maximum atomic E-state index is 12.3. The van der Waals surface area contributed by atoms with E-state index in [1.165, 1.54) is 0 Å². The summed E-state index contributed by atoms with van der Waals surface area (Å²) in [6, 6.07) is 7.77. The number of benzene rings is 1. The molecule has 0 saturated heterocycles. The number of nitrogens with one attached hydrogen (secondary N) is 1. The second kappa shape index (κ2) is 4.34. The molecule has 1 aliphatic rings. The summed E-state index contributed by atoms with van der Waals surface area (Å²) in [7, 11) is 0. The first kappa shape index (κ1) is 14.1. The summed E-state index contributed by atoms with van der Waals surface area (Å²) in [4.78, 5) is 12.3. The van der Waals surface area contributed by atoms with Crippen LogP contribution >= 0.6 is 0 Å². The van der Waals surface area contributed by atoms with E-state index < -0.39 is 0 Å². The summed E-state index contributed by atoms with van der Waals surface area (Å²) >= 11 is 0. The molecule has 1 saturated carbocycles. The zero-order valence-electron chi connectivity index (χ0n) is 12.4. The van der Waals surface area contributed by atoms with Crippen molar-refractivity contribution in [2.24, 2.45) is 22.5 Å². The molecule has 0 aliphatic heterocycles. The number of amides is 1. The maximum absolute atomic E-state index is 12.3. The number of rotatable bonds is 3. The highest BCUT2D eigenvalue weighted by Gasteiger charge is 2.68. The molecule has 1 aromatic rings. The molecule has 3 nitrogen and oxygen atoms in total. The van der Waals surface area contributed by atoms with Crippen molar-refractivity contribution in [2.45, 2.75) is 40.7 Å². The fourth-order valence-electron chi connectivity index (χ4n) is 2.94. The van der Waals surface area contributed by atoms with Crippen LogP contribution in [0, 0.1) is 16.7 Å². The summed E-state index contributed by atoms with van der Waals surface area (Å²) in [6.45, 7) is 10.5. The van der Waals surface area contributed by atoms with Gasteiger partial charge in [0.15, 0.2) is 0 Å². The van der Waals surface area contributed by atoms with Gasteiger partial charge >= 0.3 is 0 Å². The number of hydrogen-bond acceptors (Lipinski definition) is 2. The lowest BCUT2D eigenvalue weighted by Crippen LogP contribution is -2.17. The minimum absolute atomic E-state index is 0.0195. The molecule has 1 fully saturated rings. The second-order valence-corrected chi connectivity index (χ2v) is 6.78. The van der Waals surface area contributed by atoms with Crippen LogP contribution in [0.4, 0.5) is 5.69 Å². The number of anilines is 1. The Balaban J connectivity index is 2.05. The second-order valence-electron chi connectivity index (χ2n) is 6.78. The average Bonchev–Trinajstić information content (AvgIpc) is 2.69. The number of hydrogen-bond donors (Lipinski definition) is 2. The minimum Gasteiger partial charge on any atom is -0.326 e. The van der Waals surface area contributed by atoms with Crippen LogP contribution in [-0.4, -0.2) is 5.91 Å². The van der Waals surface area contributed by atoms with Gasteiger partial charge in [0, 0.05) is 17.6 Å². The van der Waals surface area contributed by atoms with Crippen molar-refractivity contribution in [1.82, 2.24) is 0 Å². The summed E-state index contributed by atoms with van der Waals surface area (Å²) in [5.74, 6) is 0.191. The van der Waals surface area contributed by atoms with Crippen molar-refractivity contribution in [1.29, 1.82) is 0 Å². The Morgan fingerprint density at radius 3 is 2.00 bits per heavy atom. The van der Waals surface area contributed by atoms with Crippen LogP contribution in [0.5, 0.6) is 0 Å². The standard InChI is InChI=1S/C16H24N2O/c1-10(17)11-6-8-12(9-7-11)18-14(19)13-15(2,3)16(13,4)5/h6-10,13H,17H2,1-5H3,(H,18,19). The molecule has 2 rings (SSSR count). The Hall–Kier alpha value is -1.35. The van der Waals surface area contributed by atoms with Gasteiger partial charge in [0.05, 0.1) is 0 Å². The molecule has 3 N–H and O–H groups in total. The summed E-state index contributed by atoms with van der Waals surface area (Å²) < 4.78 is 0. The van der Waals surface area contributed by atoms with Crippen LogP contribution in [0.25, 0.3) is 0 Å². The fourth-order valence-corrected chi connectivity index (χ4v) is 2.94. The Morgan fingerprint density at radius 2 is 1.63 bits per heavy atom. The molecule has 104 valence electrons. The summed E-state index contributed by atoms with van der Waals surface area (Å²) in [5, 5.41) is 3.00. The molecular weight excluding hydrogens is 236 g/mol. The van der Waals surface area contributed by atoms with Crippen molar-refractivity contribution in [2.75, 3.05) is 5.32 Å². The average molecular weight is 260 g/mol. The van der Waals surface area contributed by atoms with Crippen LogP contribution < -0.4 is 11.1 Å². The first-order valence-corrected chi connectivity index (χ1v) is 6.84. The van der Waals surface area contributed by atoms with E-state index in [0.29, 0.717) is 0 Å². The first-order chi connectivity index (χ1) is 8.68. The van der Waals surface area contributed by atoms with Gasteiger partial charge in [0.25, 0.3) is 0 Å². The monoisotopic (exact) mass is 260 g/mol. The van der Waals surface area contributed by atoms with E-state index >= 15 is 0 Å². The highest BCUT2D eigenvalue weighted by molar-refractivity contribution is 5.96. The van der Waals surface area contributed by atoms with E-state index in [4.69, 9.17) is 5.73 Å². The zero-order valence-corrected chi connectivity index (χ0v) is 12.4. The van der Waals surface area contributed by atoms with Crippen LogP contribution in [0.3, 0.4) is 0 Å². The molecule has 0 bridgehead atoms. The minimum atomic E-state index is 0.0195. The lowest BCUT2D eigenvalue weighted by molar-refractivity contribution is -0.118. The fraction of sp³-hybridized carbons (Fsp3) is 0.562. The molecule has 1 aromatic carbocycles. The topological polar surface area (TPSA) is 55.1 Å². The van der Waals surface area contributed by atoms with Crippen LogP contribution in [0.2, 0.25) is 0 Å². The normalized spacial score (nSPS) is 21.8. The van der Waals surface area contributed by atoms with Gasteiger partial charge in [-0.05, 0) is 35.4 Å². The molecule has 1 amide bonds. The van der Waals surface area contributed by atoms with Gasteiger partial charge in [-0.1, -0.05) is 39.8 Å². The third-order valence-electron chi connectivity index (χ3n) is 4.99. The van der Waals surface area contributed by atoms with Crippen molar-refractivity contribution in [3.05, 3.63) is 29.8 Å². The van der Waals surface area contributed by atoms with Crippen molar-refractivity contribution in [3.8, 4) is 0 Å². The molecule has 1 atom stereocenters. The van der Waals surface area contributed by atoms with E-state index in [-0.39, 0.29) is 28.7 Å². The highest BCUT2D eigenvalue weighted by atomic mass is 16.2. The van der Waals surface area contributed by atoms with Gasteiger partial charge in [0.2, 0.25) is 5.91 Å². The quantitative estimate of drug-likeness (QED) is 0.876. The van der Waals surface area contributed by atoms with Crippen LogP contribution in [0.1, 0.15) is 46.2 Å². The smallest absolute Gasteiger partial charge is 0.228 e. The van der Waals surface area contributed by atoms with Crippen molar-refractivity contribution >= 4 is 11.6 Å². The predicted octanol–water partition coefficient (Wildman–Crippen LogP) is 3.33. The highest BCUT2D eigenvalue weighted by Crippen LogP contribution is 2.68. The SMILES string of the molecule is CC(N)c1ccc(NC(=O)C2C(C)(C)C2(C)C)cc1. The molecule has 0 aromatic heterocycles. The third kappa shape index (κ3) is 2.27. The molecule has 1 aliphatic carbocycles. The first-order valence-electron chi connectivity index (χ1n) is 6.84. The van der Waals surface area contributed by atoms with Crippen molar-refractivity contribution in [3.63, 3.8) is 0 Å². The van der Waals surface area contributed by atoms with E-state index in [2.05, 4.69) is 33.0 Å². The van der Waals surface area contributed by atoms with Crippen molar-refractivity contribution < 1.29 is 4.79 Å². The van der Waals surface area contributed by atoms with E-state index in [9.17, 15) is 4.79 Å². The van der Waals surface area contributed by atoms with E-state index in [0.717, 1.165) is 11.3 Å². The van der Waals surface area contributed by atoms with Crippen LogP contribution in [0.15, 0.2) is 24.3 Å². The Kier molecular flexibility index (Phi) is 3.21. The third-order valence-corrected chi connectivity index (χ3v) is 4.99. The lowest BCUT2D eigenvalue weighted by Gasteiger charge is -2.09. The summed E-state index contributed by atoms with van der Waals surface area (Å²) in [6.07, 6.45) is 0. The van der Waals surface area contributed by atoms with Gasteiger partial charge < -0.3 is 11.1 Å². The molecule has 0 radical (unpaired) electrons. The summed E-state index contributed by atoms with van der Waals surface area (Å²) in [5.41, 5.74) is 7.87. The van der Waals surface area contributed by atoms with Gasteiger partial charge in [-0.15, -0.1) is 0 Å². The molecule has 3 heteroatoms. The van der Waals surface area contributed by atoms with Crippen LogP contribution in [-0.2, 0) is 4.79 Å².